The van der Waals surface area contributed by atoms with E-state index < -0.39 is 40.5 Å². The van der Waals surface area contributed by atoms with Gasteiger partial charge in [-0.1, -0.05) is 19.1 Å². The molecular formula is C31H37F5N4O4S. The summed E-state index contributed by atoms with van der Waals surface area (Å²) in [5.41, 5.74) is 1.51. The Morgan fingerprint density at radius 1 is 1.04 bits per heavy atom. The van der Waals surface area contributed by atoms with Crippen molar-refractivity contribution in [3.05, 3.63) is 59.7 Å². The molecule has 2 heterocycles. The number of ether oxygens (including phenoxy) is 1. The minimum atomic E-state index is -4.21. The van der Waals surface area contributed by atoms with Crippen LogP contribution in [0.25, 0.3) is 0 Å². The minimum absolute atomic E-state index is 0.0243. The predicted molar refractivity (Wildman–Crippen MR) is 158 cm³/mol. The van der Waals surface area contributed by atoms with E-state index in [0.29, 0.717) is 43.7 Å². The Morgan fingerprint density at radius 3 is 2.24 bits per heavy atom. The number of alkyl halides is 5. The average molecular weight is 657 g/mol. The van der Waals surface area contributed by atoms with E-state index in [2.05, 4.69) is 10.1 Å². The van der Waals surface area contributed by atoms with Gasteiger partial charge in [-0.05, 0) is 80.7 Å². The maximum absolute atomic E-state index is 13.2. The number of amides is 1. The molecule has 8 nitrogen and oxygen atoms in total. The van der Waals surface area contributed by atoms with Crippen LogP contribution in [0.3, 0.4) is 0 Å². The second kappa shape index (κ2) is 14.9. The van der Waals surface area contributed by atoms with Crippen LogP contribution < -0.4 is 10.2 Å². The molecule has 2 fully saturated rings. The fourth-order valence-electron chi connectivity index (χ4n) is 6.03. The lowest BCUT2D eigenvalue weighted by Gasteiger charge is -2.46. The second-order valence-electron chi connectivity index (χ2n) is 11.4. The van der Waals surface area contributed by atoms with E-state index in [-0.39, 0.29) is 54.2 Å². The van der Waals surface area contributed by atoms with Gasteiger partial charge in [-0.15, -0.1) is 0 Å². The van der Waals surface area contributed by atoms with Gasteiger partial charge in [0.15, 0.2) is 9.84 Å². The lowest BCUT2D eigenvalue weighted by molar-refractivity contribution is -0.186. The number of sulfone groups is 1. The number of carbonyl (C=O) groups is 1. The van der Waals surface area contributed by atoms with Gasteiger partial charge in [-0.25, -0.2) is 8.42 Å². The van der Waals surface area contributed by atoms with Crippen LogP contribution in [0.4, 0.5) is 27.6 Å². The molecule has 1 amide bonds. The molecule has 246 valence electrons. The SMILES string of the molecule is CCS(=O)(=O)c1ccc([C@H](CC#N)NC(=O)c2ccc(N3C[C@H](N4CCC(C(F)(F)F)CC4)CC[C@H]3COC(F)F)cc2)cc1. The van der Waals surface area contributed by atoms with Crippen LogP contribution >= 0.6 is 0 Å². The van der Waals surface area contributed by atoms with Crippen molar-refractivity contribution in [2.75, 3.05) is 36.9 Å². The number of nitrogens with one attached hydrogen (secondary N) is 1. The first-order chi connectivity index (χ1) is 21.3. The van der Waals surface area contributed by atoms with Crippen molar-refractivity contribution in [3.8, 4) is 6.07 Å². The van der Waals surface area contributed by atoms with E-state index in [1.807, 2.05) is 15.9 Å². The van der Waals surface area contributed by atoms with Gasteiger partial charge in [0.1, 0.15) is 0 Å². The summed E-state index contributed by atoms with van der Waals surface area (Å²) in [4.78, 5) is 17.2. The van der Waals surface area contributed by atoms with E-state index in [1.54, 1.807) is 43.3 Å². The third-order valence-corrected chi connectivity index (χ3v) is 10.4. The average Bonchev–Trinajstić information content (AvgIpc) is 3.03. The van der Waals surface area contributed by atoms with Crippen molar-refractivity contribution in [2.45, 2.75) is 74.8 Å². The highest BCUT2D eigenvalue weighted by Crippen LogP contribution is 2.36. The molecule has 0 saturated carbocycles. The molecule has 0 radical (unpaired) electrons. The molecule has 2 aromatic rings. The summed E-state index contributed by atoms with van der Waals surface area (Å²) in [6.45, 7) is -0.601. The molecule has 1 N–H and O–H groups in total. The highest BCUT2D eigenvalue weighted by Gasteiger charge is 2.43. The maximum atomic E-state index is 13.2. The lowest BCUT2D eigenvalue weighted by Crippen LogP contribution is -2.55. The number of hydrogen-bond donors (Lipinski definition) is 1. The standard InChI is InChI=1S/C31H37F5N4O4S/c1-2-45(42,43)27-11-5-21(6-12-27)28(13-16-37)38-29(41)22-3-7-24(8-4-22)40-19-25(9-10-26(40)20-44-30(32)33)39-17-14-23(15-18-39)31(34,35)36/h3-8,11-12,23,25-26,28,30H,2,9-10,13-15,17-20H2,1H3,(H,38,41)/t25-,26+,28+/m1/s1. The summed E-state index contributed by atoms with van der Waals surface area (Å²) in [6.07, 6.45) is -3.07. The number of hydrogen-bond acceptors (Lipinski definition) is 7. The molecule has 0 aromatic heterocycles. The first-order valence-corrected chi connectivity index (χ1v) is 16.5. The first kappa shape index (κ1) is 34.6. The van der Waals surface area contributed by atoms with Crippen LogP contribution in [0.2, 0.25) is 0 Å². The minimum Gasteiger partial charge on any atom is -0.365 e. The molecular weight excluding hydrogens is 619 g/mol. The zero-order valence-corrected chi connectivity index (χ0v) is 25.7. The van der Waals surface area contributed by atoms with Crippen LogP contribution in [0.1, 0.15) is 61.0 Å². The van der Waals surface area contributed by atoms with Crippen LogP contribution in [0.5, 0.6) is 0 Å². The van der Waals surface area contributed by atoms with E-state index in [9.17, 15) is 40.4 Å². The van der Waals surface area contributed by atoms with Gasteiger partial charge in [0.2, 0.25) is 0 Å². The van der Waals surface area contributed by atoms with E-state index >= 15 is 0 Å². The zero-order chi connectivity index (χ0) is 32.8. The molecule has 0 spiro atoms. The zero-order valence-electron chi connectivity index (χ0n) is 24.8. The maximum Gasteiger partial charge on any atom is 0.391 e. The van der Waals surface area contributed by atoms with Crippen molar-refractivity contribution < 1.29 is 39.9 Å². The van der Waals surface area contributed by atoms with Crippen molar-refractivity contribution in [1.82, 2.24) is 10.2 Å². The van der Waals surface area contributed by atoms with Crippen LogP contribution in [0, 0.1) is 17.2 Å². The van der Waals surface area contributed by atoms with E-state index in [4.69, 9.17) is 0 Å². The lowest BCUT2D eigenvalue weighted by atomic mass is 9.91. The van der Waals surface area contributed by atoms with Crippen LogP contribution in [-0.4, -0.2) is 76.1 Å². The van der Waals surface area contributed by atoms with Gasteiger partial charge in [-0.3, -0.25) is 9.69 Å². The summed E-state index contributed by atoms with van der Waals surface area (Å²) >= 11 is 0. The number of nitrogens with zero attached hydrogens (tertiary/aromatic N) is 3. The van der Waals surface area contributed by atoms with Crippen molar-refractivity contribution in [1.29, 1.82) is 5.26 Å². The molecule has 2 aliphatic rings. The number of carbonyl (C=O) groups excluding carboxylic acids is 1. The quantitative estimate of drug-likeness (QED) is 0.309. The van der Waals surface area contributed by atoms with Gasteiger partial charge < -0.3 is 15.0 Å². The van der Waals surface area contributed by atoms with Crippen molar-refractivity contribution in [2.24, 2.45) is 5.92 Å². The molecule has 0 unspecified atom stereocenters. The number of rotatable bonds is 11. The Hall–Kier alpha value is -3.28. The Morgan fingerprint density at radius 2 is 1.69 bits per heavy atom. The highest BCUT2D eigenvalue weighted by molar-refractivity contribution is 7.91. The third-order valence-electron chi connectivity index (χ3n) is 8.69. The third kappa shape index (κ3) is 8.92. The Bertz CT molecular complexity index is 1420. The summed E-state index contributed by atoms with van der Waals surface area (Å²) in [6, 6.07) is 13.4. The van der Waals surface area contributed by atoms with Crippen LogP contribution in [-0.2, 0) is 14.6 Å². The molecule has 14 heteroatoms. The van der Waals surface area contributed by atoms with Crippen molar-refractivity contribution >= 4 is 21.4 Å². The predicted octanol–water partition coefficient (Wildman–Crippen LogP) is 5.72. The van der Waals surface area contributed by atoms with Crippen LogP contribution in [0.15, 0.2) is 53.4 Å². The van der Waals surface area contributed by atoms with Gasteiger partial charge in [0.05, 0.1) is 47.7 Å². The molecule has 3 atom stereocenters. The molecule has 45 heavy (non-hydrogen) atoms. The Balaban J connectivity index is 1.46. The molecule has 0 bridgehead atoms. The number of benzene rings is 2. The molecule has 4 rings (SSSR count). The number of anilines is 1. The molecule has 2 aromatic carbocycles. The fraction of sp³-hybridized carbons (Fsp3) is 0.548. The van der Waals surface area contributed by atoms with Gasteiger partial charge in [0.25, 0.3) is 5.91 Å². The van der Waals surface area contributed by atoms with Gasteiger partial charge in [-0.2, -0.15) is 27.2 Å². The summed E-state index contributed by atoms with van der Waals surface area (Å²) in [5.74, 6) is -1.84. The number of nitriles is 1. The van der Waals surface area contributed by atoms with E-state index in [1.165, 1.54) is 12.1 Å². The normalized spacial score (nSPS) is 21.0. The first-order valence-electron chi connectivity index (χ1n) is 14.9. The van der Waals surface area contributed by atoms with Crippen molar-refractivity contribution in [3.63, 3.8) is 0 Å². The molecule has 2 saturated heterocycles. The second-order valence-corrected chi connectivity index (χ2v) is 13.7. The smallest absolute Gasteiger partial charge is 0.365 e. The van der Waals surface area contributed by atoms with E-state index in [0.717, 1.165) is 0 Å². The summed E-state index contributed by atoms with van der Waals surface area (Å²) in [5, 5.41) is 12.2. The fourth-order valence-corrected chi connectivity index (χ4v) is 6.92. The monoisotopic (exact) mass is 656 g/mol. The topological polar surface area (TPSA) is 103 Å². The highest BCUT2D eigenvalue weighted by atomic mass is 32.2. The summed E-state index contributed by atoms with van der Waals surface area (Å²) in [7, 11) is -3.41. The Kier molecular flexibility index (Phi) is 11.4. The number of likely N-dealkylation sites (tertiary alicyclic amines) is 1. The number of halogens is 5. The van der Waals surface area contributed by atoms with Gasteiger partial charge in [0, 0.05) is 23.8 Å². The Labute approximate surface area is 260 Å². The van der Waals surface area contributed by atoms with Gasteiger partial charge >= 0.3 is 12.8 Å². The molecule has 0 aliphatic carbocycles. The molecule has 2 aliphatic heterocycles. The summed E-state index contributed by atoms with van der Waals surface area (Å²) < 4.78 is 94.2. The number of piperidine rings is 2. The largest absolute Gasteiger partial charge is 0.391 e.